The van der Waals surface area contributed by atoms with E-state index in [2.05, 4.69) is 5.32 Å². The van der Waals surface area contributed by atoms with Gasteiger partial charge in [0.15, 0.2) is 11.6 Å². The first-order valence-electron chi connectivity index (χ1n) is 7.11. The van der Waals surface area contributed by atoms with E-state index in [1.165, 1.54) is 19.2 Å². The van der Waals surface area contributed by atoms with E-state index in [0.717, 1.165) is 17.7 Å². The number of carbonyl (C=O) groups excluding carboxylic acids is 1. The van der Waals surface area contributed by atoms with Gasteiger partial charge < -0.3 is 11.1 Å². The average Bonchev–Trinajstić information content (AvgIpc) is 2.52. The number of hydrogen-bond donors (Lipinski definition) is 2. The van der Waals surface area contributed by atoms with E-state index in [9.17, 15) is 18.0 Å². The van der Waals surface area contributed by atoms with Crippen LogP contribution >= 0.6 is 0 Å². The van der Waals surface area contributed by atoms with Crippen LogP contribution in [0.25, 0.3) is 11.1 Å². The third-order valence-electron chi connectivity index (χ3n) is 3.51. The molecule has 6 heteroatoms. The molecule has 1 amide bonds. The van der Waals surface area contributed by atoms with E-state index < -0.39 is 23.0 Å². The Morgan fingerprint density at radius 3 is 2.30 bits per heavy atom. The number of amides is 1. The highest BCUT2D eigenvalue weighted by molar-refractivity contribution is 5.76. The first-order valence-corrected chi connectivity index (χ1v) is 7.11. The molecule has 2 aromatic carbocycles. The summed E-state index contributed by atoms with van der Waals surface area (Å²) in [6.45, 7) is 0. The lowest BCUT2D eigenvalue weighted by molar-refractivity contribution is -0.120. The molecule has 2 rings (SSSR count). The van der Waals surface area contributed by atoms with Crippen LogP contribution in [0.1, 0.15) is 12.0 Å². The summed E-state index contributed by atoms with van der Waals surface area (Å²) in [4.78, 5) is 11.2. The van der Waals surface area contributed by atoms with Crippen molar-refractivity contribution < 1.29 is 18.0 Å². The van der Waals surface area contributed by atoms with Crippen LogP contribution in [0.3, 0.4) is 0 Å². The van der Waals surface area contributed by atoms with Crippen LogP contribution < -0.4 is 11.1 Å². The van der Waals surface area contributed by atoms with Gasteiger partial charge in [0.2, 0.25) is 5.91 Å². The van der Waals surface area contributed by atoms with Crippen molar-refractivity contribution in [3.63, 3.8) is 0 Å². The largest absolute Gasteiger partial charge is 0.359 e. The number of nitrogens with one attached hydrogen (secondary N) is 1. The number of carbonyl (C=O) groups is 1. The molecule has 2 aromatic rings. The zero-order valence-electron chi connectivity index (χ0n) is 12.6. The molecule has 0 spiro atoms. The van der Waals surface area contributed by atoms with Gasteiger partial charge in [-0.3, -0.25) is 4.79 Å². The Labute approximate surface area is 132 Å². The van der Waals surface area contributed by atoms with Gasteiger partial charge in [-0.25, -0.2) is 13.2 Å². The highest BCUT2D eigenvalue weighted by atomic mass is 19.2. The topological polar surface area (TPSA) is 55.1 Å². The second kappa shape index (κ2) is 7.28. The Kier molecular flexibility index (Phi) is 5.39. The van der Waals surface area contributed by atoms with Gasteiger partial charge in [-0.2, -0.15) is 0 Å². The lowest BCUT2D eigenvalue weighted by Gasteiger charge is -2.12. The first kappa shape index (κ1) is 17.0. The van der Waals surface area contributed by atoms with E-state index >= 15 is 0 Å². The van der Waals surface area contributed by atoms with E-state index in [1.54, 1.807) is 12.1 Å². The van der Waals surface area contributed by atoms with Gasteiger partial charge >= 0.3 is 0 Å². The standard InChI is InChI=1S/C17H17F3N2O/c1-22-15(23)9-12(21)8-10-2-4-11(5-3-10)16-13(18)6-7-14(19)17(16)20/h2-7,12H,8-9,21H2,1H3,(H,22,23)/t12-/m1/s1. The second-order valence-electron chi connectivity index (χ2n) is 5.26. The molecule has 1 atom stereocenters. The summed E-state index contributed by atoms with van der Waals surface area (Å²) in [5.74, 6) is -3.29. The summed E-state index contributed by atoms with van der Waals surface area (Å²) in [6.07, 6.45) is 0.632. The number of halogens is 3. The van der Waals surface area contributed by atoms with Gasteiger partial charge in [0.25, 0.3) is 0 Å². The maximum Gasteiger partial charge on any atom is 0.221 e. The van der Waals surface area contributed by atoms with Crippen molar-refractivity contribution >= 4 is 5.91 Å². The van der Waals surface area contributed by atoms with E-state index in [-0.39, 0.29) is 23.9 Å². The third-order valence-corrected chi connectivity index (χ3v) is 3.51. The monoisotopic (exact) mass is 322 g/mol. The fourth-order valence-electron chi connectivity index (χ4n) is 2.31. The van der Waals surface area contributed by atoms with Crippen LogP contribution in [-0.4, -0.2) is 19.0 Å². The van der Waals surface area contributed by atoms with Crippen molar-refractivity contribution in [3.8, 4) is 11.1 Å². The van der Waals surface area contributed by atoms with Gasteiger partial charge in [0.05, 0.1) is 5.56 Å². The smallest absolute Gasteiger partial charge is 0.221 e. The zero-order chi connectivity index (χ0) is 17.0. The Hall–Kier alpha value is -2.34. The molecule has 3 N–H and O–H groups in total. The molecule has 0 aliphatic rings. The van der Waals surface area contributed by atoms with Crippen LogP contribution in [0, 0.1) is 17.5 Å². The molecule has 23 heavy (non-hydrogen) atoms. The first-order chi connectivity index (χ1) is 10.9. The molecule has 0 unspecified atom stereocenters. The van der Waals surface area contributed by atoms with Crippen molar-refractivity contribution in [2.24, 2.45) is 5.73 Å². The molecule has 0 saturated heterocycles. The summed E-state index contributed by atoms with van der Waals surface area (Å²) in [5, 5.41) is 2.49. The van der Waals surface area contributed by atoms with Crippen LogP contribution in [-0.2, 0) is 11.2 Å². The summed E-state index contributed by atoms with van der Waals surface area (Å²) in [6, 6.07) is 7.60. The Morgan fingerprint density at radius 1 is 1.09 bits per heavy atom. The summed E-state index contributed by atoms with van der Waals surface area (Å²) in [7, 11) is 1.53. The molecule has 0 aliphatic carbocycles. The molecule has 0 aliphatic heterocycles. The van der Waals surface area contributed by atoms with Gasteiger partial charge in [0.1, 0.15) is 5.82 Å². The number of hydrogen-bond acceptors (Lipinski definition) is 2. The van der Waals surface area contributed by atoms with Gasteiger partial charge in [-0.15, -0.1) is 0 Å². The van der Waals surface area contributed by atoms with Crippen LogP contribution in [0.15, 0.2) is 36.4 Å². The minimum absolute atomic E-state index is 0.155. The second-order valence-corrected chi connectivity index (χ2v) is 5.26. The van der Waals surface area contributed by atoms with Crippen LogP contribution in [0.5, 0.6) is 0 Å². The minimum Gasteiger partial charge on any atom is -0.359 e. The fourth-order valence-corrected chi connectivity index (χ4v) is 2.31. The molecule has 122 valence electrons. The Morgan fingerprint density at radius 2 is 1.70 bits per heavy atom. The molecule has 3 nitrogen and oxygen atoms in total. The summed E-state index contributed by atoms with van der Waals surface area (Å²) < 4.78 is 40.8. The lowest BCUT2D eigenvalue weighted by Crippen LogP contribution is -2.31. The molecule has 0 saturated carbocycles. The lowest BCUT2D eigenvalue weighted by atomic mass is 9.99. The van der Waals surface area contributed by atoms with E-state index in [0.29, 0.717) is 6.42 Å². The average molecular weight is 322 g/mol. The Bertz CT molecular complexity index is 702. The van der Waals surface area contributed by atoms with Crippen molar-refractivity contribution in [2.75, 3.05) is 7.05 Å². The highest BCUT2D eigenvalue weighted by Crippen LogP contribution is 2.28. The van der Waals surface area contributed by atoms with Crippen LogP contribution in [0.2, 0.25) is 0 Å². The predicted octanol–water partition coefficient (Wildman–Crippen LogP) is 2.78. The SMILES string of the molecule is CNC(=O)C[C@H](N)Cc1ccc(-c2c(F)ccc(F)c2F)cc1. The number of rotatable bonds is 5. The Balaban J connectivity index is 2.17. The summed E-state index contributed by atoms with van der Waals surface area (Å²) in [5.41, 5.74) is 6.53. The quantitative estimate of drug-likeness (QED) is 0.832. The van der Waals surface area contributed by atoms with Gasteiger partial charge in [-0.05, 0) is 29.7 Å². The molecule has 0 radical (unpaired) electrons. The number of nitrogens with two attached hydrogens (primary N) is 1. The predicted molar refractivity (Wildman–Crippen MR) is 82.1 cm³/mol. The van der Waals surface area contributed by atoms with E-state index in [4.69, 9.17) is 5.73 Å². The minimum atomic E-state index is -1.21. The number of benzene rings is 2. The molecular formula is C17H17F3N2O. The zero-order valence-corrected chi connectivity index (χ0v) is 12.6. The summed E-state index contributed by atoms with van der Waals surface area (Å²) >= 11 is 0. The maximum absolute atomic E-state index is 13.8. The molecule has 0 heterocycles. The highest BCUT2D eigenvalue weighted by Gasteiger charge is 2.16. The molecule has 0 aromatic heterocycles. The molecule has 0 fully saturated rings. The molecular weight excluding hydrogens is 305 g/mol. The van der Waals surface area contributed by atoms with Crippen molar-refractivity contribution in [3.05, 3.63) is 59.4 Å². The maximum atomic E-state index is 13.8. The van der Waals surface area contributed by atoms with Crippen LogP contribution in [0.4, 0.5) is 13.2 Å². The van der Waals surface area contributed by atoms with Gasteiger partial charge in [0, 0.05) is 19.5 Å². The van der Waals surface area contributed by atoms with Crippen molar-refractivity contribution in [1.29, 1.82) is 0 Å². The fraction of sp³-hybridized carbons (Fsp3) is 0.235. The van der Waals surface area contributed by atoms with Crippen molar-refractivity contribution in [1.82, 2.24) is 5.32 Å². The van der Waals surface area contributed by atoms with Crippen molar-refractivity contribution in [2.45, 2.75) is 18.9 Å². The van der Waals surface area contributed by atoms with E-state index in [1.807, 2.05) is 0 Å². The third kappa shape index (κ3) is 4.10. The molecule has 0 bridgehead atoms. The normalized spacial score (nSPS) is 12.0. The van der Waals surface area contributed by atoms with Gasteiger partial charge in [-0.1, -0.05) is 24.3 Å².